The van der Waals surface area contributed by atoms with E-state index in [1.165, 1.54) is 10.7 Å². The Labute approximate surface area is 129 Å². The number of nitrogens with zero attached hydrogens (tertiary/aromatic N) is 3. The fourth-order valence-electron chi connectivity index (χ4n) is 1.80. The first kappa shape index (κ1) is 15.2. The zero-order valence-electron chi connectivity index (χ0n) is 11.5. The van der Waals surface area contributed by atoms with Crippen LogP contribution in [0.5, 0.6) is 0 Å². The molecule has 0 aliphatic heterocycles. The number of amides is 1. The summed E-state index contributed by atoms with van der Waals surface area (Å²) < 4.78 is 2.26. The van der Waals surface area contributed by atoms with Gasteiger partial charge < -0.3 is 15.4 Å². The zero-order chi connectivity index (χ0) is 15.6. The van der Waals surface area contributed by atoms with Crippen LogP contribution in [0.1, 0.15) is 11.3 Å². The Morgan fingerprint density at radius 3 is 2.71 bits per heavy atom. The lowest BCUT2D eigenvalue weighted by atomic mass is 10.2. The van der Waals surface area contributed by atoms with Crippen LogP contribution in [0, 0.1) is 24.0 Å². The molecule has 1 aromatic heterocycles. The average molecular weight is 353 g/mol. The van der Waals surface area contributed by atoms with Gasteiger partial charge in [-0.25, -0.2) is 0 Å². The van der Waals surface area contributed by atoms with Gasteiger partial charge >= 0.3 is 5.82 Å². The van der Waals surface area contributed by atoms with Crippen LogP contribution in [-0.2, 0) is 11.3 Å². The highest BCUT2D eigenvalue weighted by Crippen LogP contribution is 2.20. The molecular formula is C13H13BrN4O3. The smallest absolute Gasteiger partial charge is 0.358 e. The summed E-state index contributed by atoms with van der Waals surface area (Å²) in [6.07, 6.45) is 0. The van der Waals surface area contributed by atoms with Crippen molar-refractivity contribution in [1.29, 1.82) is 0 Å². The molecule has 0 spiro atoms. The van der Waals surface area contributed by atoms with E-state index in [0.29, 0.717) is 11.4 Å². The Bertz CT molecular complexity index is 711. The van der Waals surface area contributed by atoms with Gasteiger partial charge in [-0.05, 0) is 42.5 Å². The summed E-state index contributed by atoms with van der Waals surface area (Å²) in [4.78, 5) is 22.0. The van der Waals surface area contributed by atoms with Crippen molar-refractivity contribution in [2.24, 2.45) is 0 Å². The maximum atomic E-state index is 12.0. The molecule has 21 heavy (non-hydrogen) atoms. The molecule has 0 bridgehead atoms. The Balaban J connectivity index is 2.07. The predicted molar refractivity (Wildman–Crippen MR) is 81.1 cm³/mol. The first-order valence-corrected chi connectivity index (χ1v) is 6.91. The average Bonchev–Trinajstić information content (AvgIpc) is 2.76. The molecule has 0 radical (unpaired) electrons. The van der Waals surface area contributed by atoms with E-state index < -0.39 is 4.92 Å². The van der Waals surface area contributed by atoms with Crippen LogP contribution in [0.15, 0.2) is 28.7 Å². The minimum atomic E-state index is -0.584. The first-order chi connectivity index (χ1) is 9.86. The van der Waals surface area contributed by atoms with Gasteiger partial charge in [-0.1, -0.05) is 15.9 Å². The van der Waals surface area contributed by atoms with Crippen LogP contribution in [-0.4, -0.2) is 20.6 Å². The zero-order valence-corrected chi connectivity index (χ0v) is 13.0. The molecule has 7 nitrogen and oxygen atoms in total. The number of hydrogen-bond acceptors (Lipinski definition) is 4. The Morgan fingerprint density at radius 2 is 2.14 bits per heavy atom. The molecule has 110 valence electrons. The topological polar surface area (TPSA) is 90.1 Å². The van der Waals surface area contributed by atoms with Crippen LogP contribution in [0.2, 0.25) is 0 Å². The van der Waals surface area contributed by atoms with Gasteiger partial charge in [0.2, 0.25) is 5.91 Å². The van der Waals surface area contributed by atoms with Gasteiger partial charge in [0.25, 0.3) is 0 Å². The van der Waals surface area contributed by atoms with E-state index in [9.17, 15) is 14.9 Å². The van der Waals surface area contributed by atoms with Crippen LogP contribution in [0.4, 0.5) is 11.5 Å². The number of hydrogen-bond donors (Lipinski definition) is 1. The van der Waals surface area contributed by atoms with Crippen molar-refractivity contribution in [2.75, 3.05) is 5.32 Å². The summed E-state index contributed by atoms with van der Waals surface area (Å²) >= 11 is 3.38. The highest BCUT2D eigenvalue weighted by molar-refractivity contribution is 9.10. The number of carbonyl (C=O) groups is 1. The second-order valence-corrected chi connectivity index (χ2v) is 5.43. The summed E-state index contributed by atoms with van der Waals surface area (Å²) in [6, 6.07) is 6.78. The SMILES string of the molecule is Cc1cc(NC(=O)Cn2nc([N+](=O)[O-])cc2C)ccc1Br. The highest BCUT2D eigenvalue weighted by Gasteiger charge is 2.17. The fourth-order valence-corrected chi connectivity index (χ4v) is 2.05. The number of aryl methyl sites for hydroxylation is 2. The van der Waals surface area contributed by atoms with Gasteiger partial charge in [0.15, 0.2) is 0 Å². The summed E-state index contributed by atoms with van der Waals surface area (Å²) in [5.41, 5.74) is 2.22. The molecule has 0 saturated heterocycles. The van der Waals surface area contributed by atoms with E-state index in [2.05, 4.69) is 26.3 Å². The standard InChI is InChI=1S/C13H13BrN4O3/c1-8-5-10(3-4-11(8)14)15-13(19)7-17-9(2)6-12(16-17)18(20)21/h3-6H,7H2,1-2H3,(H,15,19). The third-order valence-electron chi connectivity index (χ3n) is 2.89. The van der Waals surface area contributed by atoms with Crippen LogP contribution < -0.4 is 5.32 Å². The van der Waals surface area contributed by atoms with Crippen molar-refractivity contribution >= 4 is 33.3 Å². The third-order valence-corrected chi connectivity index (χ3v) is 3.78. The van der Waals surface area contributed by atoms with Crippen molar-refractivity contribution in [1.82, 2.24) is 9.78 Å². The molecule has 0 fully saturated rings. The number of rotatable bonds is 4. The molecule has 0 unspecified atom stereocenters. The van der Waals surface area contributed by atoms with E-state index in [-0.39, 0.29) is 18.3 Å². The maximum Gasteiger partial charge on any atom is 0.390 e. The van der Waals surface area contributed by atoms with Gasteiger partial charge in [0.1, 0.15) is 6.54 Å². The molecule has 2 rings (SSSR count). The van der Waals surface area contributed by atoms with Crippen LogP contribution >= 0.6 is 15.9 Å². The van der Waals surface area contributed by atoms with Crippen molar-refractivity contribution < 1.29 is 9.72 Å². The lowest BCUT2D eigenvalue weighted by Crippen LogP contribution is -2.20. The number of nitrogens with one attached hydrogen (secondary N) is 1. The van der Waals surface area contributed by atoms with E-state index in [1.54, 1.807) is 13.0 Å². The summed E-state index contributed by atoms with van der Waals surface area (Å²) in [5.74, 6) is -0.558. The number of carbonyl (C=O) groups excluding carboxylic acids is 1. The Hall–Kier alpha value is -2.22. The molecule has 0 aliphatic rings. The molecule has 0 saturated carbocycles. The molecule has 1 amide bonds. The number of anilines is 1. The normalized spacial score (nSPS) is 10.4. The molecular weight excluding hydrogens is 340 g/mol. The summed E-state index contributed by atoms with van der Waals surface area (Å²) in [7, 11) is 0. The fraction of sp³-hybridized carbons (Fsp3) is 0.231. The predicted octanol–water partition coefficient (Wildman–Crippen LogP) is 2.81. The monoisotopic (exact) mass is 352 g/mol. The second kappa shape index (κ2) is 6.04. The Kier molecular flexibility index (Phi) is 4.37. The summed E-state index contributed by atoms with van der Waals surface area (Å²) in [5, 5.41) is 17.1. The van der Waals surface area contributed by atoms with Gasteiger partial charge in [0.05, 0.1) is 16.9 Å². The van der Waals surface area contributed by atoms with E-state index in [0.717, 1.165) is 10.0 Å². The molecule has 1 heterocycles. The van der Waals surface area contributed by atoms with Gasteiger partial charge in [-0.3, -0.25) is 4.79 Å². The molecule has 2 aromatic rings. The van der Waals surface area contributed by atoms with E-state index in [1.807, 2.05) is 19.1 Å². The van der Waals surface area contributed by atoms with Crippen LogP contribution in [0.25, 0.3) is 0 Å². The number of halogens is 1. The second-order valence-electron chi connectivity index (χ2n) is 4.57. The molecule has 0 aliphatic carbocycles. The van der Waals surface area contributed by atoms with Crippen molar-refractivity contribution in [3.05, 3.63) is 50.1 Å². The molecule has 1 N–H and O–H groups in total. The van der Waals surface area contributed by atoms with Gasteiger partial charge in [0, 0.05) is 10.2 Å². The Morgan fingerprint density at radius 1 is 1.43 bits per heavy atom. The first-order valence-electron chi connectivity index (χ1n) is 6.11. The minimum absolute atomic E-state index is 0.0746. The van der Waals surface area contributed by atoms with Crippen molar-refractivity contribution in [2.45, 2.75) is 20.4 Å². The third kappa shape index (κ3) is 3.66. The number of nitro groups is 1. The molecule has 1 aromatic carbocycles. The lowest BCUT2D eigenvalue weighted by molar-refractivity contribution is -0.389. The number of aromatic nitrogens is 2. The van der Waals surface area contributed by atoms with Crippen molar-refractivity contribution in [3.63, 3.8) is 0 Å². The largest absolute Gasteiger partial charge is 0.390 e. The maximum absolute atomic E-state index is 12.0. The summed E-state index contributed by atoms with van der Waals surface area (Å²) in [6.45, 7) is 3.51. The van der Waals surface area contributed by atoms with E-state index in [4.69, 9.17) is 0 Å². The highest BCUT2D eigenvalue weighted by atomic mass is 79.9. The van der Waals surface area contributed by atoms with Gasteiger partial charge in [-0.2, -0.15) is 4.68 Å². The quantitative estimate of drug-likeness (QED) is 0.676. The number of benzene rings is 1. The molecule has 0 atom stereocenters. The minimum Gasteiger partial charge on any atom is -0.358 e. The van der Waals surface area contributed by atoms with E-state index >= 15 is 0 Å². The lowest BCUT2D eigenvalue weighted by Gasteiger charge is -2.06. The molecule has 8 heteroatoms. The van der Waals surface area contributed by atoms with Crippen molar-refractivity contribution in [3.8, 4) is 0 Å². The van der Waals surface area contributed by atoms with Crippen LogP contribution in [0.3, 0.4) is 0 Å². The van der Waals surface area contributed by atoms with Gasteiger partial charge in [-0.15, -0.1) is 0 Å².